The molecule has 2 aromatic carbocycles. The van der Waals surface area contributed by atoms with E-state index in [0.717, 1.165) is 5.56 Å². The van der Waals surface area contributed by atoms with Gasteiger partial charge in [-0.2, -0.15) is 0 Å². The highest BCUT2D eigenvalue weighted by molar-refractivity contribution is 5.95. The molecule has 142 valence electrons. The van der Waals surface area contributed by atoms with E-state index in [9.17, 15) is 19.7 Å². The van der Waals surface area contributed by atoms with Crippen LogP contribution in [0.2, 0.25) is 0 Å². The lowest BCUT2D eigenvalue weighted by atomic mass is 10.0. The molecule has 2 rings (SSSR count). The van der Waals surface area contributed by atoms with E-state index in [-0.39, 0.29) is 11.3 Å². The number of nitrogens with zero attached hydrogens (tertiary/aromatic N) is 1. The molecular formula is C19H21N3O5. The van der Waals surface area contributed by atoms with Gasteiger partial charge in [-0.25, -0.2) is 0 Å². The molecule has 8 nitrogen and oxygen atoms in total. The number of non-ortho nitro benzene ring substituents is 1. The summed E-state index contributed by atoms with van der Waals surface area (Å²) in [6, 6.07) is 12.5. The van der Waals surface area contributed by atoms with Gasteiger partial charge in [0.15, 0.2) is 6.10 Å². The number of carbonyl (C=O) groups excluding carboxylic acids is 2. The summed E-state index contributed by atoms with van der Waals surface area (Å²) in [7, 11) is 0. The summed E-state index contributed by atoms with van der Waals surface area (Å²) in [5, 5.41) is 10.6. The Kier molecular flexibility index (Phi) is 6.48. The minimum Gasteiger partial charge on any atom is -0.481 e. The van der Waals surface area contributed by atoms with E-state index in [1.807, 2.05) is 12.1 Å². The van der Waals surface area contributed by atoms with Crippen molar-refractivity contribution in [3.63, 3.8) is 0 Å². The van der Waals surface area contributed by atoms with Gasteiger partial charge < -0.3 is 4.74 Å². The Labute approximate surface area is 156 Å². The first kappa shape index (κ1) is 19.9. The van der Waals surface area contributed by atoms with Gasteiger partial charge in [-0.15, -0.1) is 0 Å². The zero-order chi connectivity index (χ0) is 20.0. The van der Waals surface area contributed by atoms with Gasteiger partial charge in [-0.1, -0.05) is 26.0 Å². The molecule has 0 fully saturated rings. The lowest BCUT2D eigenvalue weighted by molar-refractivity contribution is -0.384. The van der Waals surface area contributed by atoms with Crippen molar-refractivity contribution >= 4 is 17.5 Å². The number of benzene rings is 2. The number of hydrogen-bond acceptors (Lipinski definition) is 5. The summed E-state index contributed by atoms with van der Waals surface area (Å²) in [6.45, 7) is 5.73. The van der Waals surface area contributed by atoms with Crippen molar-refractivity contribution in [3.8, 4) is 5.75 Å². The molecule has 2 amide bonds. The first-order valence-corrected chi connectivity index (χ1v) is 8.39. The fourth-order valence-electron chi connectivity index (χ4n) is 2.22. The quantitative estimate of drug-likeness (QED) is 0.599. The molecule has 0 bridgehead atoms. The molecule has 1 atom stereocenters. The molecule has 2 aromatic rings. The van der Waals surface area contributed by atoms with Gasteiger partial charge in [0.2, 0.25) is 0 Å². The topological polar surface area (TPSA) is 111 Å². The molecule has 0 aliphatic heterocycles. The fraction of sp³-hybridized carbons (Fsp3) is 0.263. The molecule has 0 unspecified atom stereocenters. The van der Waals surface area contributed by atoms with E-state index >= 15 is 0 Å². The van der Waals surface area contributed by atoms with E-state index in [1.54, 1.807) is 19.1 Å². The standard InChI is InChI=1S/C19H21N3O5/c1-12(2)14-6-10-17(11-7-14)27-13(3)18(23)20-21-19(24)15-4-8-16(9-5-15)22(25)26/h4-13H,1-3H3,(H,20,23)(H,21,24)/t13-/m1/s1. The highest BCUT2D eigenvalue weighted by atomic mass is 16.6. The van der Waals surface area contributed by atoms with Crippen molar-refractivity contribution in [2.45, 2.75) is 32.8 Å². The zero-order valence-electron chi connectivity index (χ0n) is 15.3. The maximum atomic E-state index is 12.1. The van der Waals surface area contributed by atoms with Crippen molar-refractivity contribution in [2.75, 3.05) is 0 Å². The summed E-state index contributed by atoms with van der Waals surface area (Å²) in [6.07, 6.45) is -0.827. The molecule has 0 saturated heterocycles. The summed E-state index contributed by atoms with van der Waals surface area (Å²) in [4.78, 5) is 34.1. The van der Waals surface area contributed by atoms with Crippen LogP contribution < -0.4 is 15.6 Å². The Balaban J connectivity index is 1.86. The smallest absolute Gasteiger partial charge is 0.279 e. The monoisotopic (exact) mass is 371 g/mol. The zero-order valence-corrected chi connectivity index (χ0v) is 15.3. The van der Waals surface area contributed by atoms with Crippen LogP contribution in [0.4, 0.5) is 5.69 Å². The molecule has 0 spiro atoms. The third-order valence-electron chi connectivity index (χ3n) is 3.87. The number of hydrazine groups is 1. The molecule has 0 aliphatic carbocycles. The number of nitrogens with one attached hydrogen (secondary N) is 2. The maximum Gasteiger partial charge on any atom is 0.279 e. The van der Waals surface area contributed by atoms with Gasteiger partial charge in [0.1, 0.15) is 5.75 Å². The van der Waals surface area contributed by atoms with Crippen molar-refractivity contribution in [1.82, 2.24) is 10.9 Å². The van der Waals surface area contributed by atoms with Gasteiger partial charge in [-0.05, 0) is 42.7 Å². The van der Waals surface area contributed by atoms with Gasteiger partial charge in [0.05, 0.1) is 4.92 Å². The van der Waals surface area contributed by atoms with Crippen LogP contribution in [0.5, 0.6) is 5.75 Å². The molecule has 0 radical (unpaired) electrons. The second-order valence-corrected chi connectivity index (χ2v) is 6.23. The van der Waals surface area contributed by atoms with Crippen LogP contribution in [0.3, 0.4) is 0 Å². The molecule has 27 heavy (non-hydrogen) atoms. The lowest BCUT2D eigenvalue weighted by Crippen LogP contribution is -2.47. The Hall–Kier alpha value is -3.42. The summed E-state index contributed by atoms with van der Waals surface area (Å²) < 4.78 is 5.55. The highest BCUT2D eigenvalue weighted by Gasteiger charge is 2.16. The third-order valence-corrected chi connectivity index (χ3v) is 3.87. The number of rotatable bonds is 6. The Morgan fingerprint density at radius 1 is 0.963 bits per heavy atom. The van der Waals surface area contributed by atoms with E-state index in [2.05, 4.69) is 24.7 Å². The SMILES string of the molecule is CC(C)c1ccc(O[C@H](C)C(=O)NNC(=O)c2ccc([N+](=O)[O-])cc2)cc1. The van der Waals surface area contributed by atoms with Crippen molar-refractivity contribution in [2.24, 2.45) is 0 Å². The van der Waals surface area contributed by atoms with Gasteiger partial charge in [0.25, 0.3) is 17.5 Å². The van der Waals surface area contributed by atoms with E-state index < -0.39 is 22.8 Å². The lowest BCUT2D eigenvalue weighted by Gasteiger charge is -2.16. The van der Waals surface area contributed by atoms with Crippen molar-refractivity contribution in [3.05, 3.63) is 69.8 Å². The molecular weight excluding hydrogens is 350 g/mol. The molecule has 0 saturated carbocycles. The number of hydrogen-bond donors (Lipinski definition) is 2. The predicted octanol–water partition coefficient (Wildman–Crippen LogP) is 2.95. The number of nitro benzene ring substituents is 1. The average Bonchev–Trinajstić information content (AvgIpc) is 2.66. The van der Waals surface area contributed by atoms with Gasteiger partial charge in [-0.3, -0.25) is 30.6 Å². The summed E-state index contributed by atoms with van der Waals surface area (Å²) in [5.74, 6) is -0.178. The number of ether oxygens (including phenoxy) is 1. The summed E-state index contributed by atoms with van der Waals surface area (Å²) >= 11 is 0. The number of nitro groups is 1. The fourth-order valence-corrected chi connectivity index (χ4v) is 2.22. The second-order valence-electron chi connectivity index (χ2n) is 6.23. The minimum atomic E-state index is -0.827. The van der Waals surface area contributed by atoms with Crippen LogP contribution in [-0.2, 0) is 4.79 Å². The third kappa shape index (κ3) is 5.53. The predicted molar refractivity (Wildman–Crippen MR) is 99.3 cm³/mol. The number of amides is 2. The number of carbonyl (C=O) groups is 2. The van der Waals surface area contributed by atoms with Crippen molar-refractivity contribution in [1.29, 1.82) is 0 Å². The van der Waals surface area contributed by atoms with Crippen molar-refractivity contribution < 1.29 is 19.2 Å². The van der Waals surface area contributed by atoms with Gasteiger partial charge in [0, 0.05) is 17.7 Å². The van der Waals surface area contributed by atoms with Crippen LogP contribution in [0, 0.1) is 10.1 Å². The maximum absolute atomic E-state index is 12.1. The molecule has 8 heteroatoms. The molecule has 0 aliphatic rings. The van der Waals surface area contributed by atoms with Crippen LogP contribution in [0.25, 0.3) is 0 Å². The Morgan fingerprint density at radius 3 is 2.07 bits per heavy atom. The average molecular weight is 371 g/mol. The molecule has 0 heterocycles. The van der Waals surface area contributed by atoms with E-state index in [1.165, 1.54) is 24.3 Å². The Bertz CT molecular complexity index is 816. The van der Waals surface area contributed by atoms with E-state index in [4.69, 9.17) is 4.74 Å². The summed E-state index contributed by atoms with van der Waals surface area (Å²) in [5.41, 5.74) is 5.74. The first-order valence-electron chi connectivity index (χ1n) is 8.39. The second kappa shape index (κ2) is 8.79. The normalized spacial score (nSPS) is 11.6. The minimum absolute atomic E-state index is 0.124. The molecule has 2 N–H and O–H groups in total. The molecule has 0 aromatic heterocycles. The van der Waals surface area contributed by atoms with Crippen LogP contribution in [0.15, 0.2) is 48.5 Å². The highest BCUT2D eigenvalue weighted by Crippen LogP contribution is 2.19. The van der Waals surface area contributed by atoms with Crippen LogP contribution >= 0.6 is 0 Å². The largest absolute Gasteiger partial charge is 0.481 e. The van der Waals surface area contributed by atoms with Crippen LogP contribution in [0.1, 0.15) is 42.6 Å². The van der Waals surface area contributed by atoms with Crippen LogP contribution in [-0.4, -0.2) is 22.8 Å². The Morgan fingerprint density at radius 2 is 1.56 bits per heavy atom. The van der Waals surface area contributed by atoms with E-state index in [0.29, 0.717) is 11.7 Å². The van der Waals surface area contributed by atoms with Gasteiger partial charge >= 0.3 is 0 Å². The first-order chi connectivity index (χ1) is 12.8.